The molecule has 1 nitrogen and oxygen atoms in total. The summed E-state index contributed by atoms with van der Waals surface area (Å²) in [6.45, 7) is 2.21. The number of aryl methyl sites for hydroxylation is 1. The van der Waals surface area contributed by atoms with Gasteiger partial charge in [-0.25, -0.2) is 4.98 Å². The molecular weight excluding hydrogens is 182 g/mol. The minimum atomic E-state index is 1.11. The first-order chi connectivity index (χ1) is 7.36. The lowest BCUT2D eigenvalue weighted by molar-refractivity contribution is 0.959. The maximum Gasteiger partial charge on any atom is 0.0712 e. The molecule has 0 N–H and O–H groups in total. The van der Waals surface area contributed by atoms with Crippen molar-refractivity contribution in [2.24, 2.45) is 0 Å². The lowest BCUT2D eigenvalue weighted by atomic mass is 9.94. The van der Waals surface area contributed by atoms with Gasteiger partial charge in [-0.05, 0) is 43.0 Å². The Kier molecular flexibility index (Phi) is 1.84. The topological polar surface area (TPSA) is 12.9 Å². The molecule has 1 heterocycles. The van der Waals surface area contributed by atoms with Crippen molar-refractivity contribution in [3.63, 3.8) is 0 Å². The van der Waals surface area contributed by atoms with Crippen molar-refractivity contribution in [2.45, 2.75) is 19.8 Å². The summed E-state index contributed by atoms with van der Waals surface area (Å²) in [6, 6.07) is 8.39. The van der Waals surface area contributed by atoms with Gasteiger partial charge in [0.1, 0.15) is 0 Å². The van der Waals surface area contributed by atoms with Crippen molar-refractivity contribution in [1.29, 1.82) is 0 Å². The molecule has 0 fully saturated rings. The smallest absolute Gasteiger partial charge is 0.0712 e. The first kappa shape index (κ1) is 8.66. The molecule has 2 aromatic rings. The van der Waals surface area contributed by atoms with E-state index in [4.69, 9.17) is 0 Å². The number of hydrogen-bond donors (Lipinski definition) is 0. The van der Waals surface area contributed by atoms with E-state index in [1.165, 1.54) is 16.5 Å². The van der Waals surface area contributed by atoms with Gasteiger partial charge in [-0.15, -0.1) is 0 Å². The maximum atomic E-state index is 4.69. The summed E-state index contributed by atoms with van der Waals surface area (Å²) in [7, 11) is 0. The SMILES string of the molecule is Cc1c2c(nc3ccccc13)C=CCC2. The first-order valence-electron chi connectivity index (χ1n) is 5.41. The second-order valence-electron chi connectivity index (χ2n) is 4.06. The van der Waals surface area contributed by atoms with Crippen LogP contribution in [-0.4, -0.2) is 4.98 Å². The highest BCUT2D eigenvalue weighted by Gasteiger charge is 2.11. The molecule has 0 spiro atoms. The maximum absolute atomic E-state index is 4.69. The fourth-order valence-corrected chi connectivity index (χ4v) is 2.32. The van der Waals surface area contributed by atoms with Gasteiger partial charge in [-0.2, -0.15) is 0 Å². The molecule has 74 valence electrons. The van der Waals surface area contributed by atoms with Crippen LogP contribution in [0, 0.1) is 6.92 Å². The number of fused-ring (bicyclic) bond motifs is 2. The quantitative estimate of drug-likeness (QED) is 0.627. The van der Waals surface area contributed by atoms with Gasteiger partial charge < -0.3 is 0 Å². The van der Waals surface area contributed by atoms with Crippen LogP contribution >= 0.6 is 0 Å². The van der Waals surface area contributed by atoms with E-state index in [2.05, 4.69) is 42.3 Å². The highest BCUT2D eigenvalue weighted by atomic mass is 14.7. The third-order valence-corrected chi connectivity index (χ3v) is 3.15. The van der Waals surface area contributed by atoms with Gasteiger partial charge in [0.25, 0.3) is 0 Å². The Morgan fingerprint density at radius 1 is 1.20 bits per heavy atom. The van der Waals surface area contributed by atoms with Crippen LogP contribution in [0.5, 0.6) is 0 Å². The number of para-hydroxylation sites is 1. The molecule has 0 unspecified atom stereocenters. The summed E-state index contributed by atoms with van der Waals surface area (Å²) in [5.74, 6) is 0. The van der Waals surface area contributed by atoms with Crippen molar-refractivity contribution in [2.75, 3.05) is 0 Å². The van der Waals surface area contributed by atoms with Crippen molar-refractivity contribution in [3.05, 3.63) is 47.2 Å². The van der Waals surface area contributed by atoms with Crippen LogP contribution < -0.4 is 0 Å². The van der Waals surface area contributed by atoms with Crippen LogP contribution in [-0.2, 0) is 6.42 Å². The van der Waals surface area contributed by atoms with Gasteiger partial charge in [0.15, 0.2) is 0 Å². The molecule has 0 saturated carbocycles. The molecule has 3 rings (SSSR count). The monoisotopic (exact) mass is 195 g/mol. The Morgan fingerprint density at radius 3 is 3.00 bits per heavy atom. The minimum Gasteiger partial charge on any atom is -0.248 e. The van der Waals surface area contributed by atoms with Crippen molar-refractivity contribution >= 4 is 17.0 Å². The largest absolute Gasteiger partial charge is 0.248 e. The lowest BCUT2D eigenvalue weighted by Gasteiger charge is -2.14. The third-order valence-electron chi connectivity index (χ3n) is 3.15. The molecule has 0 aliphatic heterocycles. The molecule has 1 aliphatic rings. The van der Waals surface area contributed by atoms with Gasteiger partial charge in [-0.3, -0.25) is 0 Å². The predicted molar refractivity (Wildman–Crippen MR) is 63.8 cm³/mol. The van der Waals surface area contributed by atoms with Crippen LogP contribution in [0.15, 0.2) is 30.3 Å². The summed E-state index contributed by atoms with van der Waals surface area (Å²) < 4.78 is 0. The number of aromatic nitrogens is 1. The zero-order valence-electron chi connectivity index (χ0n) is 8.83. The molecule has 1 heteroatoms. The second kappa shape index (κ2) is 3.20. The van der Waals surface area contributed by atoms with E-state index in [9.17, 15) is 0 Å². The molecule has 15 heavy (non-hydrogen) atoms. The summed E-state index contributed by atoms with van der Waals surface area (Å²) in [5.41, 5.74) is 5.11. The summed E-state index contributed by atoms with van der Waals surface area (Å²) in [4.78, 5) is 4.69. The molecule has 0 radical (unpaired) electrons. The Hall–Kier alpha value is -1.63. The summed E-state index contributed by atoms with van der Waals surface area (Å²) >= 11 is 0. The van der Waals surface area contributed by atoms with E-state index >= 15 is 0 Å². The molecule has 0 bridgehead atoms. The third kappa shape index (κ3) is 1.27. The molecule has 1 aliphatic carbocycles. The molecule has 1 aromatic heterocycles. The number of allylic oxidation sites excluding steroid dienone is 1. The van der Waals surface area contributed by atoms with E-state index < -0.39 is 0 Å². The van der Waals surface area contributed by atoms with Gasteiger partial charge >= 0.3 is 0 Å². The fraction of sp³-hybridized carbons (Fsp3) is 0.214. The van der Waals surface area contributed by atoms with Crippen LogP contribution in [0.25, 0.3) is 17.0 Å². The predicted octanol–water partition coefficient (Wildman–Crippen LogP) is 3.50. The standard InChI is InChI=1S/C14H13N/c1-10-11-6-2-4-8-13(11)15-14-9-5-3-7-12(10)14/h2,4-6,8-9H,3,7H2,1H3. The fourth-order valence-electron chi connectivity index (χ4n) is 2.32. The van der Waals surface area contributed by atoms with Gasteiger partial charge in [0.05, 0.1) is 11.2 Å². The zero-order valence-corrected chi connectivity index (χ0v) is 8.83. The molecular formula is C14H13N. The number of benzene rings is 1. The number of rotatable bonds is 0. The Bertz CT molecular complexity index is 553. The van der Waals surface area contributed by atoms with Crippen molar-refractivity contribution in [1.82, 2.24) is 4.98 Å². The van der Waals surface area contributed by atoms with Crippen LogP contribution in [0.1, 0.15) is 23.2 Å². The van der Waals surface area contributed by atoms with Crippen LogP contribution in [0.4, 0.5) is 0 Å². The number of nitrogens with zero attached hydrogens (tertiary/aromatic N) is 1. The van der Waals surface area contributed by atoms with E-state index in [0.717, 1.165) is 24.1 Å². The van der Waals surface area contributed by atoms with Gasteiger partial charge in [-0.1, -0.05) is 24.3 Å². The van der Waals surface area contributed by atoms with Gasteiger partial charge in [0.2, 0.25) is 0 Å². The molecule has 0 atom stereocenters. The normalized spacial score (nSPS) is 14.2. The second-order valence-corrected chi connectivity index (χ2v) is 4.06. The molecule has 0 amide bonds. The number of hydrogen-bond acceptors (Lipinski definition) is 1. The number of pyridine rings is 1. The van der Waals surface area contributed by atoms with E-state index in [-0.39, 0.29) is 0 Å². The van der Waals surface area contributed by atoms with Crippen molar-refractivity contribution in [3.8, 4) is 0 Å². The van der Waals surface area contributed by atoms with E-state index in [0.29, 0.717) is 0 Å². The highest BCUT2D eigenvalue weighted by molar-refractivity contribution is 5.85. The zero-order chi connectivity index (χ0) is 10.3. The van der Waals surface area contributed by atoms with E-state index in [1.54, 1.807) is 0 Å². The van der Waals surface area contributed by atoms with Gasteiger partial charge in [0, 0.05) is 5.39 Å². The van der Waals surface area contributed by atoms with Crippen molar-refractivity contribution < 1.29 is 0 Å². The molecule has 1 aromatic carbocycles. The first-order valence-corrected chi connectivity index (χ1v) is 5.41. The average molecular weight is 195 g/mol. The van der Waals surface area contributed by atoms with Crippen LogP contribution in [0.2, 0.25) is 0 Å². The van der Waals surface area contributed by atoms with E-state index in [1.807, 2.05) is 6.07 Å². The summed E-state index contributed by atoms with van der Waals surface area (Å²) in [6.07, 6.45) is 6.64. The Labute approximate surface area is 89.5 Å². The highest BCUT2D eigenvalue weighted by Crippen LogP contribution is 2.27. The molecule has 0 saturated heterocycles. The summed E-state index contributed by atoms with van der Waals surface area (Å²) in [5, 5.41) is 1.30. The van der Waals surface area contributed by atoms with Crippen LogP contribution in [0.3, 0.4) is 0 Å². The Balaban J connectivity index is 2.42. The average Bonchev–Trinajstić information content (AvgIpc) is 2.30. The minimum absolute atomic E-state index is 1.11. The lowest BCUT2D eigenvalue weighted by Crippen LogP contribution is -2.01. The Morgan fingerprint density at radius 2 is 2.07 bits per heavy atom.